The van der Waals surface area contributed by atoms with E-state index in [1.54, 1.807) is 17.4 Å². The molecule has 0 N–H and O–H groups in total. The van der Waals surface area contributed by atoms with Gasteiger partial charge in [0.05, 0.1) is 4.83 Å². The fourth-order valence-electron chi connectivity index (χ4n) is 1.60. The van der Waals surface area contributed by atoms with Crippen molar-refractivity contribution in [1.29, 1.82) is 0 Å². The van der Waals surface area contributed by atoms with Crippen LogP contribution in [0.15, 0.2) is 30.3 Å². The Hall–Kier alpha value is -0.670. The maximum Gasteiger partial charge on any atom is 0.127 e. The van der Waals surface area contributed by atoms with Gasteiger partial charge in [-0.05, 0) is 32.0 Å². The van der Waals surface area contributed by atoms with Gasteiger partial charge in [-0.1, -0.05) is 33.6 Å². The number of aryl methyl sites for hydroxylation is 2. The van der Waals surface area contributed by atoms with Crippen LogP contribution in [0.4, 0.5) is 4.39 Å². The summed E-state index contributed by atoms with van der Waals surface area (Å²) in [6.45, 7) is 4.03. The monoisotopic (exact) mass is 298 g/mol. The number of thiophene rings is 1. The van der Waals surface area contributed by atoms with E-state index in [-0.39, 0.29) is 10.6 Å². The van der Waals surface area contributed by atoms with Gasteiger partial charge in [0.15, 0.2) is 0 Å². The van der Waals surface area contributed by atoms with Gasteiger partial charge in [0, 0.05) is 15.3 Å². The smallest absolute Gasteiger partial charge is 0.127 e. The predicted molar refractivity (Wildman–Crippen MR) is 71.0 cm³/mol. The van der Waals surface area contributed by atoms with Gasteiger partial charge >= 0.3 is 0 Å². The lowest BCUT2D eigenvalue weighted by Crippen LogP contribution is -1.95. The van der Waals surface area contributed by atoms with Crippen molar-refractivity contribution < 1.29 is 4.39 Å². The van der Waals surface area contributed by atoms with Crippen LogP contribution in [0.5, 0.6) is 0 Å². The molecule has 16 heavy (non-hydrogen) atoms. The average molecular weight is 299 g/mol. The molecule has 2 aromatic rings. The minimum absolute atomic E-state index is 0.0499. The molecule has 1 atom stereocenters. The summed E-state index contributed by atoms with van der Waals surface area (Å²) in [7, 11) is 0. The van der Waals surface area contributed by atoms with Crippen LogP contribution in [-0.4, -0.2) is 0 Å². The Bertz CT molecular complexity index is 504. The van der Waals surface area contributed by atoms with Crippen LogP contribution in [0.3, 0.4) is 0 Å². The summed E-state index contributed by atoms with van der Waals surface area (Å²) in [6, 6.07) is 9.31. The highest BCUT2D eigenvalue weighted by Gasteiger charge is 2.16. The first kappa shape index (κ1) is 11.8. The molecule has 0 aliphatic heterocycles. The summed E-state index contributed by atoms with van der Waals surface area (Å²) in [6.07, 6.45) is 0. The lowest BCUT2D eigenvalue weighted by atomic mass is 10.1. The van der Waals surface area contributed by atoms with Crippen molar-refractivity contribution in [3.63, 3.8) is 0 Å². The zero-order valence-electron chi connectivity index (χ0n) is 9.13. The topological polar surface area (TPSA) is 0 Å². The van der Waals surface area contributed by atoms with Crippen molar-refractivity contribution >= 4 is 27.3 Å². The van der Waals surface area contributed by atoms with Gasteiger partial charge in [-0.2, -0.15) is 0 Å². The second kappa shape index (κ2) is 4.68. The van der Waals surface area contributed by atoms with E-state index in [4.69, 9.17) is 0 Å². The third kappa shape index (κ3) is 2.36. The van der Waals surface area contributed by atoms with E-state index >= 15 is 0 Å². The van der Waals surface area contributed by atoms with E-state index < -0.39 is 0 Å². The molecule has 1 unspecified atom stereocenters. The van der Waals surface area contributed by atoms with Gasteiger partial charge in [-0.25, -0.2) is 4.39 Å². The van der Waals surface area contributed by atoms with Crippen molar-refractivity contribution in [2.45, 2.75) is 18.7 Å². The molecule has 0 saturated carbocycles. The van der Waals surface area contributed by atoms with E-state index in [9.17, 15) is 4.39 Å². The maximum atomic E-state index is 13.7. The van der Waals surface area contributed by atoms with E-state index in [1.807, 2.05) is 19.1 Å². The molecule has 0 aliphatic rings. The first-order chi connectivity index (χ1) is 7.58. The Labute approximate surface area is 107 Å². The van der Waals surface area contributed by atoms with Crippen LogP contribution in [0.2, 0.25) is 0 Å². The van der Waals surface area contributed by atoms with Crippen molar-refractivity contribution in [2.75, 3.05) is 0 Å². The minimum atomic E-state index is -0.154. The SMILES string of the molecule is Cc1ccc(F)c(C(Br)c2ccc(C)s2)c1. The van der Waals surface area contributed by atoms with E-state index in [1.165, 1.54) is 10.9 Å². The summed E-state index contributed by atoms with van der Waals surface area (Å²) in [4.78, 5) is 2.33. The number of rotatable bonds is 2. The molecule has 0 radical (unpaired) electrons. The molecule has 1 aromatic heterocycles. The van der Waals surface area contributed by atoms with Gasteiger partial charge in [0.1, 0.15) is 5.82 Å². The van der Waals surface area contributed by atoms with Gasteiger partial charge < -0.3 is 0 Å². The number of hydrogen-bond acceptors (Lipinski definition) is 1. The molecule has 0 bridgehead atoms. The minimum Gasteiger partial charge on any atom is -0.207 e. The quantitative estimate of drug-likeness (QED) is 0.685. The number of halogens is 2. The largest absolute Gasteiger partial charge is 0.207 e. The fraction of sp³-hybridized carbons (Fsp3) is 0.231. The zero-order chi connectivity index (χ0) is 11.7. The highest BCUT2D eigenvalue weighted by molar-refractivity contribution is 9.09. The molecule has 0 aliphatic carbocycles. The molecular formula is C13H12BrFS. The molecule has 1 heterocycles. The Morgan fingerprint density at radius 1 is 1.19 bits per heavy atom. The Morgan fingerprint density at radius 3 is 2.56 bits per heavy atom. The molecule has 3 heteroatoms. The summed E-state index contributed by atoms with van der Waals surface area (Å²) in [5.41, 5.74) is 1.79. The van der Waals surface area contributed by atoms with Gasteiger partial charge in [0.25, 0.3) is 0 Å². The molecule has 84 valence electrons. The standard InChI is InChI=1S/C13H12BrFS/c1-8-3-5-11(15)10(7-8)13(14)12-6-4-9(2)16-12/h3-7,13H,1-2H3. The number of alkyl halides is 1. The highest BCUT2D eigenvalue weighted by atomic mass is 79.9. The lowest BCUT2D eigenvalue weighted by Gasteiger charge is -2.10. The van der Waals surface area contributed by atoms with Crippen LogP contribution in [0.1, 0.15) is 25.7 Å². The van der Waals surface area contributed by atoms with Crippen LogP contribution in [0.25, 0.3) is 0 Å². The number of benzene rings is 1. The Morgan fingerprint density at radius 2 is 1.94 bits per heavy atom. The molecule has 1 aromatic carbocycles. The predicted octanol–water partition coefficient (Wildman–Crippen LogP) is 4.99. The van der Waals surface area contributed by atoms with Crippen LogP contribution in [-0.2, 0) is 0 Å². The molecular weight excluding hydrogens is 287 g/mol. The Kier molecular flexibility index (Phi) is 3.45. The lowest BCUT2D eigenvalue weighted by molar-refractivity contribution is 0.613. The van der Waals surface area contributed by atoms with E-state index in [0.29, 0.717) is 5.56 Å². The summed E-state index contributed by atoms with van der Waals surface area (Å²) < 4.78 is 13.7. The van der Waals surface area contributed by atoms with Crippen LogP contribution >= 0.6 is 27.3 Å². The molecule has 0 amide bonds. The van der Waals surface area contributed by atoms with Gasteiger partial charge in [0.2, 0.25) is 0 Å². The van der Waals surface area contributed by atoms with Crippen LogP contribution in [0, 0.1) is 19.7 Å². The van der Waals surface area contributed by atoms with Crippen molar-refractivity contribution in [2.24, 2.45) is 0 Å². The third-order valence-electron chi connectivity index (χ3n) is 2.44. The zero-order valence-corrected chi connectivity index (χ0v) is 11.5. The molecule has 0 saturated heterocycles. The first-order valence-corrected chi connectivity index (χ1v) is 6.77. The average Bonchev–Trinajstić information content (AvgIpc) is 2.67. The summed E-state index contributed by atoms with van der Waals surface area (Å²) >= 11 is 5.25. The van der Waals surface area contributed by atoms with E-state index in [2.05, 4.69) is 28.9 Å². The van der Waals surface area contributed by atoms with Gasteiger partial charge in [-0.15, -0.1) is 11.3 Å². The summed E-state index contributed by atoms with van der Waals surface area (Å²) in [5.74, 6) is -0.154. The number of hydrogen-bond donors (Lipinski definition) is 0. The first-order valence-electron chi connectivity index (χ1n) is 5.04. The maximum absolute atomic E-state index is 13.7. The highest BCUT2D eigenvalue weighted by Crippen LogP contribution is 2.36. The van der Waals surface area contributed by atoms with E-state index in [0.717, 1.165) is 10.4 Å². The van der Waals surface area contributed by atoms with Crippen molar-refractivity contribution in [1.82, 2.24) is 0 Å². The Balaban J connectivity index is 2.40. The second-order valence-electron chi connectivity index (χ2n) is 3.84. The van der Waals surface area contributed by atoms with Crippen LogP contribution < -0.4 is 0 Å². The van der Waals surface area contributed by atoms with Crippen molar-refractivity contribution in [3.8, 4) is 0 Å². The molecule has 0 fully saturated rings. The molecule has 2 rings (SSSR count). The normalized spacial score (nSPS) is 12.8. The third-order valence-corrected chi connectivity index (χ3v) is 4.79. The van der Waals surface area contributed by atoms with Crippen molar-refractivity contribution in [3.05, 3.63) is 57.0 Å². The molecule has 0 nitrogen and oxygen atoms in total. The fourth-order valence-corrected chi connectivity index (χ4v) is 3.26. The summed E-state index contributed by atoms with van der Waals surface area (Å²) in [5, 5.41) is 0. The molecule has 0 spiro atoms. The second-order valence-corrected chi connectivity index (χ2v) is 6.07. The van der Waals surface area contributed by atoms with Gasteiger partial charge in [-0.3, -0.25) is 0 Å².